The number of ketones is 1. The van der Waals surface area contributed by atoms with E-state index in [9.17, 15) is 31.2 Å². The number of nitrogens with zero attached hydrogens (tertiary/aromatic N) is 1. The van der Waals surface area contributed by atoms with Crippen LogP contribution in [0.15, 0.2) is 53.4 Å². The maximum atomic E-state index is 12.6. The maximum Gasteiger partial charge on any atom is 0.416 e. The van der Waals surface area contributed by atoms with Gasteiger partial charge in [-0.1, -0.05) is 0 Å². The van der Waals surface area contributed by atoms with Crippen molar-refractivity contribution >= 4 is 21.8 Å². The first-order chi connectivity index (χ1) is 14.1. The van der Waals surface area contributed by atoms with E-state index in [4.69, 9.17) is 4.74 Å². The van der Waals surface area contributed by atoms with E-state index in [0.717, 1.165) is 37.1 Å². The van der Waals surface area contributed by atoms with Gasteiger partial charge in [0.1, 0.15) is 0 Å². The standard InChI is InChI=1S/C20H18F3NO5S/c21-20(22,23)16-7-3-15(4-8-16)19(26)29-13-18(25)14-5-9-17(10-6-14)30(27,28)24-11-1-2-12-24/h3-10H,1-2,11-13H2. The smallest absolute Gasteiger partial charge is 0.416 e. The van der Waals surface area contributed by atoms with Crippen molar-refractivity contribution in [3.8, 4) is 0 Å². The molecule has 0 N–H and O–H groups in total. The number of benzene rings is 2. The van der Waals surface area contributed by atoms with Gasteiger partial charge in [0, 0.05) is 18.7 Å². The Balaban J connectivity index is 1.60. The number of sulfonamides is 1. The van der Waals surface area contributed by atoms with Crippen molar-refractivity contribution in [1.29, 1.82) is 0 Å². The molecule has 0 aliphatic carbocycles. The van der Waals surface area contributed by atoms with E-state index in [1.807, 2.05) is 0 Å². The fraction of sp³-hybridized carbons (Fsp3) is 0.300. The van der Waals surface area contributed by atoms with E-state index in [2.05, 4.69) is 0 Å². The molecule has 0 bridgehead atoms. The van der Waals surface area contributed by atoms with Gasteiger partial charge in [-0.2, -0.15) is 17.5 Å². The minimum absolute atomic E-state index is 0.0719. The SMILES string of the molecule is O=C(COC(=O)c1ccc(C(F)(F)F)cc1)c1ccc(S(=O)(=O)N2CCCC2)cc1. The predicted molar refractivity (Wildman–Crippen MR) is 100 cm³/mol. The Bertz CT molecular complexity index is 1030. The van der Waals surface area contributed by atoms with Crippen LogP contribution in [0.25, 0.3) is 0 Å². The zero-order chi connectivity index (χ0) is 21.9. The largest absolute Gasteiger partial charge is 0.454 e. The van der Waals surface area contributed by atoms with Gasteiger partial charge in [0.05, 0.1) is 16.0 Å². The molecular formula is C20H18F3NO5S. The number of esters is 1. The van der Waals surface area contributed by atoms with Crippen molar-refractivity contribution in [3.63, 3.8) is 0 Å². The van der Waals surface area contributed by atoms with E-state index in [-0.39, 0.29) is 16.0 Å². The molecule has 0 spiro atoms. The minimum Gasteiger partial charge on any atom is -0.454 e. The Morgan fingerprint density at radius 2 is 1.43 bits per heavy atom. The van der Waals surface area contributed by atoms with Crippen LogP contribution in [0.5, 0.6) is 0 Å². The van der Waals surface area contributed by atoms with Gasteiger partial charge in [-0.25, -0.2) is 13.2 Å². The average molecular weight is 441 g/mol. The number of halogens is 3. The van der Waals surface area contributed by atoms with Crippen molar-refractivity contribution in [2.75, 3.05) is 19.7 Å². The fourth-order valence-electron chi connectivity index (χ4n) is 2.98. The van der Waals surface area contributed by atoms with E-state index < -0.39 is 40.1 Å². The van der Waals surface area contributed by atoms with Crippen molar-refractivity contribution in [2.24, 2.45) is 0 Å². The number of ether oxygens (including phenoxy) is 1. The van der Waals surface area contributed by atoms with Crippen LogP contribution in [0.4, 0.5) is 13.2 Å². The predicted octanol–water partition coefficient (Wildman–Crippen LogP) is 3.53. The number of Topliss-reactive ketones (excluding diaryl/α,β-unsaturated/α-hetero) is 1. The zero-order valence-corrected chi connectivity index (χ0v) is 16.5. The van der Waals surface area contributed by atoms with Crippen LogP contribution in [0.3, 0.4) is 0 Å². The van der Waals surface area contributed by atoms with Gasteiger partial charge in [-0.15, -0.1) is 0 Å². The summed E-state index contributed by atoms with van der Waals surface area (Å²) >= 11 is 0. The highest BCUT2D eigenvalue weighted by Crippen LogP contribution is 2.29. The molecule has 1 aliphatic rings. The first-order valence-electron chi connectivity index (χ1n) is 9.07. The molecule has 0 atom stereocenters. The van der Waals surface area contributed by atoms with Crippen molar-refractivity contribution < 1.29 is 35.9 Å². The number of hydrogen-bond donors (Lipinski definition) is 0. The van der Waals surface area contributed by atoms with Crippen LogP contribution >= 0.6 is 0 Å². The third kappa shape index (κ3) is 4.88. The van der Waals surface area contributed by atoms with E-state index in [1.54, 1.807) is 0 Å². The highest BCUT2D eigenvalue weighted by molar-refractivity contribution is 7.89. The Kier molecular flexibility index (Phi) is 6.27. The van der Waals surface area contributed by atoms with Gasteiger partial charge in [-0.3, -0.25) is 4.79 Å². The second-order valence-corrected chi connectivity index (χ2v) is 8.65. The van der Waals surface area contributed by atoms with Crippen LogP contribution in [-0.4, -0.2) is 44.2 Å². The summed E-state index contributed by atoms with van der Waals surface area (Å²) in [6.07, 6.45) is -2.91. The molecule has 0 radical (unpaired) electrons. The molecule has 1 saturated heterocycles. The number of hydrogen-bond acceptors (Lipinski definition) is 5. The molecule has 1 aliphatic heterocycles. The lowest BCUT2D eigenvalue weighted by atomic mass is 10.1. The molecule has 0 amide bonds. The van der Waals surface area contributed by atoms with Gasteiger partial charge in [0.15, 0.2) is 12.4 Å². The van der Waals surface area contributed by atoms with Gasteiger partial charge in [0.2, 0.25) is 10.0 Å². The molecule has 1 heterocycles. The molecule has 10 heteroatoms. The number of alkyl halides is 3. The number of carbonyl (C=O) groups is 2. The van der Waals surface area contributed by atoms with Crippen LogP contribution < -0.4 is 0 Å². The maximum absolute atomic E-state index is 12.6. The summed E-state index contributed by atoms with van der Waals surface area (Å²) in [7, 11) is -3.60. The van der Waals surface area contributed by atoms with Gasteiger partial charge < -0.3 is 4.74 Å². The first kappa shape index (κ1) is 22.0. The molecule has 1 fully saturated rings. The van der Waals surface area contributed by atoms with Crippen molar-refractivity contribution in [1.82, 2.24) is 4.31 Å². The van der Waals surface area contributed by atoms with Gasteiger partial charge >= 0.3 is 12.1 Å². The third-order valence-electron chi connectivity index (χ3n) is 4.66. The monoisotopic (exact) mass is 441 g/mol. The molecule has 160 valence electrons. The summed E-state index contributed by atoms with van der Waals surface area (Å²) in [5, 5.41) is 0. The van der Waals surface area contributed by atoms with Crippen LogP contribution in [0.2, 0.25) is 0 Å². The van der Waals surface area contributed by atoms with Crippen LogP contribution in [0, 0.1) is 0 Å². The Morgan fingerprint density at radius 1 is 0.900 bits per heavy atom. The summed E-state index contributed by atoms with van der Waals surface area (Å²) in [5.41, 5.74) is -0.877. The van der Waals surface area contributed by atoms with Crippen molar-refractivity contribution in [2.45, 2.75) is 23.9 Å². The molecule has 2 aromatic rings. The second-order valence-electron chi connectivity index (χ2n) is 6.71. The summed E-state index contributed by atoms with van der Waals surface area (Å²) in [5.74, 6) is -1.51. The van der Waals surface area contributed by atoms with Crippen LogP contribution in [0.1, 0.15) is 39.1 Å². The van der Waals surface area contributed by atoms with E-state index in [1.165, 1.54) is 28.6 Å². The quantitative estimate of drug-likeness (QED) is 0.506. The van der Waals surface area contributed by atoms with E-state index >= 15 is 0 Å². The highest BCUT2D eigenvalue weighted by Gasteiger charge is 2.30. The summed E-state index contributed by atoms with van der Waals surface area (Å²) < 4.78 is 68.8. The molecule has 6 nitrogen and oxygen atoms in total. The lowest BCUT2D eigenvalue weighted by molar-refractivity contribution is -0.137. The zero-order valence-electron chi connectivity index (χ0n) is 15.7. The molecule has 0 aromatic heterocycles. The highest BCUT2D eigenvalue weighted by atomic mass is 32.2. The molecule has 2 aromatic carbocycles. The molecule has 30 heavy (non-hydrogen) atoms. The third-order valence-corrected chi connectivity index (χ3v) is 6.57. The molecule has 3 rings (SSSR count). The van der Waals surface area contributed by atoms with Crippen LogP contribution in [-0.2, 0) is 20.9 Å². The lowest BCUT2D eigenvalue weighted by Crippen LogP contribution is -2.27. The number of rotatable bonds is 6. The summed E-state index contributed by atoms with van der Waals surface area (Å²) in [6, 6.07) is 8.73. The topological polar surface area (TPSA) is 80.8 Å². The second kappa shape index (κ2) is 8.57. The molecule has 0 saturated carbocycles. The average Bonchev–Trinajstić information content (AvgIpc) is 3.27. The Morgan fingerprint density at radius 3 is 1.97 bits per heavy atom. The van der Waals surface area contributed by atoms with E-state index in [0.29, 0.717) is 13.1 Å². The van der Waals surface area contributed by atoms with Gasteiger partial charge in [0.25, 0.3) is 0 Å². The Hall–Kier alpha value is -2.72. The number of carbonyl (C=O) groups excluding carboxylic acids is 2. The molecule has 0 unspecified atom stereocenters. The molecular weight excluding hydrogens is 423 g/mol. The minimum atomic E-state index is -4.52. The fourth-order valence-corrected chi connectivity index (χ4v) is 4.50. The van der Waals surface area contributed by atoms with Gasteiger partial charge in [-0.05, 0) is 61.4 Å². The van der Waals surface area contributed by atoms with Crippen molar-refractivity contribution in [3.05, 3.63) is 65.2 Å². The summed E-state index contributed by atoms with van der Waals surface area (Å²) in [4.78, 5) is 24.2. The first-order valence-corrected chi connectivity index (χ1v) is 10.5. The normalized spacial score (nSPS) is 15.2. The lowest BCUT2D eigenvalue weighted by Gasteiger charge is -2.15. The summed E-state index contributed by atoms with van der Waals surface area (Å²) in [6.45, 7) is 0.296. The Labute approximate surface area is 171 Å².